The zero-order valence-electron chi connectivity index (χ0n) is 15.3. The molecule has 1 fully saturated rings. The van der Waals surface area contributed by atoms with Crippen molar-refractivity contribution in [3.8, 4) is 6.07 Å². The normalized spacial score (nSPS) is 16.4. The number of nitriles is 1. The number of halogens is 1. The van der Waals surface area contributed by atoms with Crippen molar-refractivity contribution in [2.45, 2.75) is 32.7 Å². The van der Waals surface area contributed by atoms with E-state index in [0.29, 0.717) is 5.02 Å². The van der Waals surface area contributed by atoms with E-state index in [1.807, 2.05) is 32.0 Å². The van der Waals surface area contributed by atoms with Crippen LogP contribution in [0.15, 0.2) is 23.9 Å². The van der Waals surface area contributed by atoms with Crippen molar-refractivity contribution in [2.75, 3.05) is 32.5 Å². The van der Waals surface area contributed by atoms with E-state index in [1.54, 1.807) is 11.9 Å². The molecule has 1 amide bonds. The van der Waals surface area contributed by atoms with E-state index < -0.39 is 0 Å². The molecule has 0 radical (unpaired) electrons. The fourth-order valence-corrected chi connectivity index (χ4v) is 3.50. The fraction of sp³-hybridized carbons (Fsp3) is 0.474. The summed E-state index contributed by atoms with van der Waals surface area (Å²) >= 11 is 6.26. The lowest BCUT2D eigenvalue weighted by atomic mass is 10.0. The second-order valence-corrected chi connectivity index (χ2v) is 7.11. The van der Waals surface area contributed by atoms with Gasteiger partial charge in [0.2, 0.25) is 0 Å². The molecule has 134 valence electrons. The van der Waals surface area contributed by atoms with Crippen LogP contribution in [0.4, 0.5) is 5.69 Å². The van der Waals surface area contributed by atoms with Crippen LogP contribution in [0.25, 0.3) is 0 Å². The number of benzene rings is 1. The predicted octanol–water partition coefficient (Wildman–Crippen LogP) is 3.33. The second-order valence-electron chi connectivity index (χ2n) is 6.70. The van der Waals surface area contributed by atoms with E-state index in [0.717, 1.165) is 42.7 Å². The standard InChI is InChI=1S/C19H25ClN4O/c1-13-9-14(2)18(17(20)10-13)22-12-15(11-21)19(25)24(4)16-5-7-23(3)8-6-16/h9-10,12,16,22H,5-8H2,1-4H3/b15-12-. The fourth-order valence-electron chi connectivity index (χ4n) is 3.12. The van der Waals surface area contributed by atoms with Crippen LogP contribution in [0.1, 0.15) is 24.0 Å². The first-order chi connectivity index (χ1) is 11.8. The second kappa shape index (κ2) is 8.37. The summed E-state index contributed by atoms with van der Waals surface area (Å²) in [4.78, 5) is 16.6. The van der Waals surface area contributed by atoms with Gasteiger partial charge in [0.15, 0.2) is 0 Å². The maximum absolute atomic E-state index is 12.6. The Hall–Kier alpha value is -2.03. The maximum atomic E-state index is 12.6. The van der Waals surface area contributed by atoms with E-state index in [1.165, 1.54) is 6.20 Å². The van der Waals surface area contributed by atoms with Crippen LogP contribution < -0.4 is 5.32 Å². The smallest absolute Gasteiger partial charge is 0.266 e. The highest BCUT2D eigenvalue weighted by molar-refractivity contribution is 6.33. The summed E-state index contributed by atoms with van der Waals surface area (Å²) in [5.41, 5.74) is 2.83. The molecule has 0 unspecified atom stereocenters. The molecular formula is C19H25ClN4O. The number of nitrogens with one attached hydrogen (secondary N) is 1. The number of hydrogen-bond donors (Lipinski definition) is 1. The van der Waals surface area contributed by atoms with Crippen LogP contribution in [0.3, 0.4) is 0 Å². The van der Waals surface area contributed by atoms with Gasteiger partial charge in [-0.1, -0.05) is 17.7 Å². The van der Waals surface area contributed by atoms with Crippen LogP contribution in [0, 0.1) is 25.2 Å². The molecular weight excluding hydrogens is 336 g/mol. The van der Waals surface area contributed by atoms with Gasteiger partial charge in [0.1, 0.15) is 11.6 Å². The largest absolute Gasteiger partial charge is 0.359 e. The van der Waals surface area contributed by atoms with Crippen molar-refractivity contribution in [3.63, 3.8) is 0 Å². The molecule has 1 heterocycles. The highest BCUT2D eigenvalue weighted by Gasteiger charge is 2.26. The molecule has 6 heteroatoms. The average molecular weight is 361 g/mol. The van der Waals surface area contributed by atoms with E-state index >= 15 is 0 Å². The predicted molar refractivity (Wildman–Crippen MR) is 102 cm³/mol. The number of carbonyl (C=O) groups excluding carboxylic acids is 1. The topological polar surface area (TPSA) is 59.4 Å². The van der Waals surface area contributed by atoms with Crippen molar-refractivity contribution in [3.05, 3.63) is 40.1 Å². The van der Waals surface area contributed by atoms with Gasteiger partial charge >= 0.3 is 0 Å². The Kier molecular flexibility index (Phi) is 6.46. The number of likely N-dealkylation sites (tertiary alicyclic amines) is 1. The van der Waals surface area contributed by atoms with Crippen molar-refractivity contribution in [1.29, 1.82) is 5.26 Å². The van der Waals surface area contributed by atoms with Gasteiger partial charge in [-0.05, 0) is 64.0 Å². The summed E-state index contributed by atoms with van der Waals surface area (Å²) in [6.45, 7) is 5.83. The number of piperidine rings is 1. The molecule has 1 aromatic carbocycles. The number of hydrogen-bond acceptors (Lipinski definition) is 4. The van der Waals surface area contributed by atoms with Crippen molar-refractivity contribution < 1.29 is 4.79 Å². The summed E-state index contributed by atoms with van der Waals surface area (Å²) in [7, 11) is 3.85. The van der Waals surface area contributed by atoms with Crippen LogP contribution >= 0.6 is 11.6 Å². The first kappa shape index (κ1) is 19.3. The summed E-state index contributed by atoms with van der Waals surface area (Å²) in [6, 6.07) is 6.03. The lowest BCUT2D eigenvalue weighted by Gasteiger charge is -2.35. The molecule has 5 nitrogen and oxygen atoms in total. The SMILES string of the molecule is Cc1cc(C)c(N/C=C(/C#N)C(=O)N(C)C2CCN(C)CC2)c(Cl)c1. The minimum atomic E-state index is -0.259. The highest BCUT2D eigenvalue weighted by atomic mass is 35.5. The third-order valence-corrected chi connectivity index (χ3v) is 5.00. The molecule has 0 aromatic heterocycles. The number of amides is 1. The Balaban J connectivity index is 2.12. The molecule has 1 aliphatic heterocycles. The highest BCUT2D eigenvalue weighted by Crippen LogP contribution is 2.27. The van der Waals surface area contributed by atoms with Gasteiger partial charge in [0.05, 0.1) is 10.7 Å². The molecule has 1 saturated heterocycles. The van der Waals surface area contributed by atoms with E-state index in [-0.39, 0.29) is 17.5 Å². The third-order valence-electron chi connectivity index (χ3n) is 4.70. The lowest BCUT2D eigenvalue weighted by Crippen LogP contribution is -2.44. The maximum Gasteiger partial charge on any atom is 0.266 e. The molecule has 0 bridgehead atoms. The van der Waals surface area contributed by atoms with Crippen molar-refractivity contribution in [1.82, 2.24) is 9.80 Å². The van der Waals surface area contributed by atoms with Crippen LogP contribution in [0.5, 0.6) is 0 Å². The van der Waals surface area contributed by atoms with Gasteiger partial charge in [-0.2, -0.15) is 5.26 Å². The zero-order valence-corrected chi connectivity index (χ0v) is 16.0. The minimum Gasteiger partial charge on any atom is -0.359 e. The Morgan fingerprint density at radius 2 is 2.04 bits per heavy atom. The summed E-state index contributed by atoms with van der Waals surface area (Å²) < 4.78 is 0. The van der Waals surface area contributed by atoms with Gasteiger partial charge in [-0.3, -0.25) is 4.79 Å². The lowest BCUT2D eigenvalue weighted by molar-refractivity contribution is -0.128. The summed E-state index contributed by atoms with van der Waals surface area (Å²) in [5.74, 6) is -0.259. The van der Waals surface area contributed by atoms with Crippen LogP contribution in [-0.4, -0.2) is 48.9 Å². The molecule has 0 spiro atoms. The Morgan fingerprint density at radius 1 is 1.40 bits per heavy atom. The van der Waals surface area contributed by atoms with E-state index in [9.17, 15) is 10.1 Å². The van der Waals surface area contributed by atoms with Gasteiger partial charge in [-0.25, -0.2) is 0 Å². The Bertz CT molecular complexity index is 692. The monoisotopic (exact) mass is 360 g/mol. The molecule has 1 N–H and O–H groups in total. The summed E-state index contributed by atoms with van der Waals surface area (Å²) in [5, 5.41) is 13.0. The van der Waals surface area contributed by atoms with E-state index in [2.05, 4.69) is 17.3 Å². The molecule has 0 aliphatic carbocycles. The van der Waals surface area contributed by atoms with Crippen LogP contribution in [-0.2, 0) is 4.79 Å². The molecule has 25 heavy (non-hydrogen) atoms. The van der Waals surface area contributed by atoms with Gasteiger partial charge in [0, 0.05) is 19.3 Å². The van der Waals surface area contributed by atoms with E-state index in [4.69, 9.17) is 11.6 Å². The van der Waals surface area contributed by atoms with Gasteiger partial charge in [0.25, 0.3) is 5.91 Å². The first-order valence-electron chi connectivity index (χ1n) is 8.42. The number of nitrogens with zero attached hydrogens (tertiary/aromatic N) is 3. The van der Waals surface area contributed by atoms with Crippen molar-refractivity contribution in [2.24, 2.45) is 0 Å². The Labute approximate surface area is 154 Å². The average Bonchev–Trinajstić information content (AvgIpc) is 2.57. The number of rotatable bonds is 4. The number of aryl methyl sites for hydroxylation is 2. The first-order valence-corrected chi connectivity index (χ1v) is 8.80. The third kappa shape index (κ3) is 4.75. The molecule has 0 atom stereocenters. The molecule has 0 saturated carbocycles. The molecule has 2 rings (SSSR count). The number of likely N-dealkylation sites (N-methyl/N-ethyl adjacent to an activating group) is 1. The molecule has 1 aromatic rings. The zero-order chi connectivity index (χ0) is 18.6. The number of carbonyl (C=O) groups is 1. The van der Waals surface area contributed by atoms with Gasteiger partial charge < -0.3 is 15.1 Å². The van der Waals surface area contributed by atoms with Crippen molar-refractivity contribution >= 4 is 23.2 Å². The molecule has 1 aliphatic rings. The van der Waals surface area contributed by atoms with Crippen LogP contribution in [0.2, 0.25) is 5.02 Å². The quantitative estimate of drug-likeness (QED) is 0.661. The summed E-state index contributed by atoms with van der Waals surface area (Å²) in [6.07, 6.45) is 3.30. The Morgan fingerprint density at radius 3 is 2.60 bits per heavy atom. The number of anilines is 1. The van der Waals surface area contributed by atoms with Gasteiger partial charge in [-0.15, -0.1) is 0 Å². The minimum absolute atomic E-state index is 0.0810.